The summed E-state index contributed by atoms with van der Waals surface area (Å²) in [5, 5.41) is 7.30. The molecule has 1 aliphatic rings. The van der Waals surface area contributed by atoms with E-state index in [0.717, 1.165) is 28.9 Å². The van der Waals surface area contributed by atoms with Gasteiger partial charge in [0.1, 0.15) is 11.9 Å². The van der Waals surface area contributed by atoms with Crippen LogP contribution < -0.4 is 10.2 Å². The fourth-order valence-corrected chi connectivity index (χ4v) is 4.74. The predicted molar refractivity (Wildman–Crippen MR) is 133 cm³/mol. The maximum Gasteiger partial charge on any atom is 0.416 e. The fraction of sp³-hybridized carbons (Fsp3) is 0.179. The molecule has 188 valence electrons. The molecule has 0 radical (unpaired) electrons. The van der Waals surface area contributed by atoms with Gasteiger partial charge in [-0.15, -0.1) is 0 Å². The molecule has 1 N–H and O–H groups in total. The number of halogens is 3. The van der Waals surface area contributed by atoms with Gasteiger partial charge in [0.05, 0.1) is 17.4 Å². The van der Waals surface area contributed by atoms with Crippen LogP contribution in [0.25, 0.3) is 5.69 Å². The summed E-state index contributed by atoms with van der Waals surface area (Å²) in [7, 11) is 0. The van der Waals surface area contributed by atoms with Crippen LogP contribution in [0.15, 0.2) is 91.1 Å². The molecular weight excluding hydrogens is 481 g/mol. The molecule has 0 bridgehead atoms. The van der Waals surface area contributed by atoms with Crippen LogP contribution in [-0.2, 0) is 11.0 Å². The number of para-hydroxylation sites is 1. The summed E-state index contributed by atoms with van der Waals surface area (Å²) in [6, 6.07) is 21.7. The van der Waals surface area contributed by atoms with Gasteiger partial charge >= 0.3 is 6.18 Å². The number of carbonyl (C=O) groups is 2. The van der Waals surface area contributed by atoms with E-state index in [1.807, 2.05) is 67.6 Å². The number of fused-ring (bicyclic) bond motifs is 1. The Hall–Kier alpha value is -4.40. The molecule has 2 heterocycles. The Morgan fingerprint density at radius 1 is 0.973 bits per heavy atom. The second-order valence-electron chi connectivity index (χ2n) is 8.67. The lowest BCUT2D eigenvalue weighted by Crippen LogP contribution is -2.55. The number of rotatable bonds is 5. The lowest BCUT2D eigenvalue weighted by Gasteiger charge is -2.38. The number of carbonyl (C=O) groups excluding carboxylic acids is 2. The van der Waals surface area contributed by atoms with Crippen LogP contribution in [-0.4, -0.2) is 34.2 Å². The molecule has 6 nitrogen and oxygen atoms in total. The molecule has 37 heavy (non-hydrogen) atoms. The molecular formula is C28H23F3N4O2. The Balaban J connectivity index is 1.60. The van der Waals surface area contributed by atoms with Gasteiger partial charge in [0.2, 0.25) is 0 Å². The summed E-state index contributed by atoms with van der Waals surface area (Å²) in [4.78, 5) is 28.6. The monoisotopic (exact) mass is 504 g/mol. The van der Waals surface area contributed by atoms with Crippen molar-refractivity contribution in [2.24, 2.45) is 0 Å². The SMILES string of the molecule is CCN1C(=O)[C@@H](NC(=O)c2cccc(C(F)(F)F)c2)[C@@H](c2ccccc2)c2cnn(-c3ccccc3)c21. The smallest absolute Gasteiger partial charge is 0.339 e. The molecule has 0 saturated heterocycles. The quantitative estimate of drug-likeness (QED) is 0.407. The third kappa shape index (κ3) is 4.48. The zero-order valence-electron chi connectivity index (χ0n) is 19.8. The van der Waals surface area contributed by atoms with Gasteiger partial charge in [-0.3, -0.25) is 14.5 Å². The molecule has 0 unspecified atom stereocenters. The Labute approximate surface area is 211 Å². The van der Waals surface area contributed by atoms with Gasteiger partial charge in [-0.1, -0.05) is 54.6 Å². The van der Waals surface area contributed by atoms with E-state index in [0.29, 0.717) is 12.4 Å². The van der Waals surface area contributed by atoms with E-state index in [4.69, 9.17) is 0 Å². The summed E-state index contributed by atoms with van der Waals surface area (Å²) in [6.45, 7) is 2.13. The van der Waals surface area contributed by atoms with Crippen molar-refractivity contribution in [1.82, 2.24) is 15.1 Å². The Kier molecular flexibility index (Phi) is 6.29. The van der Waals surface area contributed by atoms with E-state index < -0.39 is 29.6 Å². The van der Waals surface area contributed by atoms with Crippen LogP contribution in [0, 0.1) is 0 Å². The van der Waals surface area contributed by atoms with Gasteiger partial charge < -0.3 is 5.32 Å². The number of nitrogens with zero attached hydrogens (tertiary/aromatic N) is 3. The average Bonchev–Trinajstić information content (AvgIpc) is 3.34. The highest BCUT2D eigenvalue weighted by atomic mass is 19.4. The maximum absolute atomic E-state index is 13.9. The Bertz CT molecular complexity index is 1430. The van der Waals surface area contributed by atoms with E-state index in [1.165, 1.54) is 12.1 Å². The number of hydrogen-bond acceptors (Lipinski definition) is 3. The first kappa shape index (κ1) is 24.3. The summed E-state index contributed by atoms with van der Waals surface area (Å²) >= 11 is 0. The van der Waals surface area contributed by atoms with Gasteiger partial charge in [0.15, 0.2) is 0 Å². The number of anilines is 1. The van der Waals surface area contributed by atoms with Gasteiger partial charge in [0.25, 0.3) is 11.8 Å². The number of nitrogens with one attached hydrogen (secondary N) is 1. The first-order chi connectivity index (χ1) is 17.8. The zero-order valence-corrected chi connectivity index (χ0v) is 19.8. The van der Waals surface area contributed by atoms with Crippen molar-refractivity contribution in [1.29, 1.82) is 0 Å². The Morgan fingerprint density at radius 3 is 2.30 bits per heavy atom. The van der Waals surface area contributed by atoms with Crippen molar-refractivity contribution in [3.8, 4) is 5.69 Å². The number of hydrogen-bond donors (Lipinski definition) is 1. The number of benzene rings is 3. The molecule has 4 aromatic rings. The first-order valence-electron chi connectivity index (χ1n) is 11.8. The first-order valence-corrected chi connectivity index (χ1v) is 11.8. The molecule has 1 aromatic heterocycles. The van der Waals surface area contributed by atoms with Crippen LogP contribution in [0.1, 0.15) is 39.9 Å². The maximum atomic E-state index is 13.9. The minimum Gasteiger partial charge on any atom is -0.339 e. The molecule has 0 saturated carbocycles. The van der Waals surface area contributed by atoms with Crippen LogP contribution >= 0.6 is 0 Å². The van der Waals surface area contributed by atoms with Crippen LogP contribution in [0.4, 0.5) is 19.0 Å². The van der Waals surface area contributed by atoms with Crippen molar-refractivity contribution in [2.45, 2.75) is 25.1 Å². The second kappa shape index (κ2) is 9.57. The van der Waals surface area contributed by atoms with Crippen LogP contribution in [0.2, 0.25) is 0 Å². The van der Waals surface area contributed by atoms with E-state index in [1.54, 1.807) is 15.8 Å². The highest BCUT2D eigenvalue weighted by molar-refractivity contribution is 6.05. The number of aromatic nitrogens is 2. The van der Waals surface area contributed by atoms with Gasteiger partial charge in [-0.05, 0) is 42.8 Å². The summed E-state index contributed by atoms with van der Waals surface area (Å²) in [5.41, 5.74) is 1.16. The summed E-state index contributed by atoms with van der Waals surface area (Å²) < 4.78 is 41.4. The van der Waals surface area contributed by atoms with E-state index >= 15 is 0 Å². The van der Waals surface area contributed by atoms with Gasteiger partial charge in [0, 0.05) is 23.6 Å². The van der Waals surface area contributed by atoms with Crippen molar-refractivity contribution in [3.05, 3.63) is 113 Å². The predicted octanol–water partition coefficient (Wildman–Crippen LogP) is 5.19. The molecule has 2 amide bonds. The highest BCUT2D eigenvalue weighted by Crippen LogP contribution is 2.41. The second-order valence-corrected chi connectivity index (χ2v) is 8.67. The van der Waals surface area contributed by atoms with E-state index in [9.17, 15) is 22.8 Å². The van der Waals surface area contributed by atoms with Crippen molar-refractivity contribution < 1.29 is 22.8 Å². The van der Waals surface area contributed by atoms with Crippen molar-refractivity contribution in [3.63, 3.8) is 0 Å². The zero-order chi connectivity index (χ0) is 26.2. The van der Waals surface area contributed by atoms with Crippen molar-refractivity contribution >= 4 is 17.6 Å². The largest absolute Gasteiger partial charge is 0.416 e. The fourth-order valence-electron chi connectivity index (χ4n) is 4.74. The van der Waals surface area contributed by atoms with Crippen molar-refractivity contribution in [2.75, 3.05) is 11.4 Å². The van der Waals surface area contributed by atoms with Crippen LogP contribution in [0.5, 0.6) is 0 Å². The lowest BCUT2D eigenvalue weighted by molar-refractivity contribution is -0.137. The molecule has 0 fully saturated rings. The van der Waals surface area contributed by atoms with E-state index in [-0.39, 0.29) is 11.5 Å². The van der Waals surface area contributed by atoms with Gasteiger partial charge in [-0.2, -0.15) is 18.3 Å². The molecule has 5 rings (SSSR count). The minimum atomic E-state index is -4.59. The van der Waals surface area contributed by atoms with Gasteiger partial charge in [-0.25, -0.2) is 4.68 Å². The summed E-state index contributed by atoms with van der Waals surface area (Å²) in [5.74, 6) is -1.14. The normalized spacial score (nSPS) is 17.4. The standard InChI is InChI=1S/C28H23F3N4O2/c1-2-34-26-22(17-32-35(26)21-14-7-4-8-15-21)23(18-10-5-3-6-11-18)24(27(34)37)33-25(36)19-12-9-13-20(16-19)28(29,30)31/h3-17,23-24H,2H2,1H3,(H,33,36)/t23-,24-/m0/s1. The number of alkyl halides is 3. The van der Waals surface area contributed by atoms with Crippen LogP contribution in [0.3, 0.4) is 0 Å². The lowest BCUT2D eigenvalue weighted by atomic mass is 9.82. The molecule has 9 heteroatoms. The molecule has 0 aliphatic carbocycles. The Morgan fingerprint density at radius 2 is 1.65 bits per heavy atom. The minimum absolute atomic E-state index is 0.178. The molecule has 2 atom stereocenters. The number of amides is 2. The third-order valence-corrected chi connectivity index (χ3v) is 6.44. The number of likely N-dealkylation sites (N-methyl/N-ethyl adjacent to an activating group) is 1. The van der Waals surface area contributed by atoms with E-state index in [2.05, 4.69) is 10.4 Å². The topological polar surface area (TPSA) is 67.2 Å². The molecule has 1 aliphatic heterocycles. The molecule has 3 aromatic carbocycles. The summed E-state index contributed by atoms with van der Waals surface area (Å²) in [6.07, 6.45) is -2.91. The molecule has 0 spiro atoms. The average molecular weight is 505 g/mol. The highest BCUT2D eigenvalue weighted by Gasteiger charge is 2.44. The third-order valence-electron chi connectivity index (χ3n) is 6.44.